The van der Waals surface area contributed by atoms with Crippen LogP contribution in [0, 0.1) is 6.92 Å². The number of carboxylic acid groups (broad SMARTS) is 1. The molecule has 25 heavy (non-hydrogen) atoms. The van der Waals surface area contributed by atoms with E-state index in [-0.39, 0.29) is 23.9 Å². The van der Waals surface area contributed by atoms with E-state index in [9.17, 15) is 14.4 Å². The van der Waals surface area contributed by atoms with E-state index in [1.54, 1.807) is 37.1 Å². The molecule has 1 aromatic carbocycles. The number of carboxylic acids is 1. The summed E-state index contributed by atoms with van der Waals surface area (Å²) in [5.74, 6) is -0.600. The van der Waals surface area contributed by atoms with E-state index in [2.05, 4.69) is 5.32 Å². The van der Waals surface area contributed by atoms with E-state index < -0.39 is 5.97 Å². The van der Waals surface area contributed by atoms with Crippen LogP contribution >= 0.6 is 0 Å². The lowest BCUT2D eigenvalue weighted by Crippen LogP contribution is -2.31. The van der Waals surface area contributed by atoms with E-state index in [0.29, 0.717) is 29.9 Å². The number of anilines is 1. The standard InChI is InChI=1S/C18H18N2O5/c1-10-14(18(23)24)8-13(25-10)9-19-17(22)12-3-5-15-11(7-12)4-6-16(21)20(15)2/h3,5,7-8H,4,6,9H2,1-2H3,(H,19,22)(H,23,24). The van der Waals surface area contributed by atoms with Gasteiger partial charge in [0.25, 0.3) is 5.91 Å². The van der Waals surface area contributed by atoms with Crippen LogP contribution in [0.3, 0.4) is 0 Å². The average Bonchev–Trinajstić information content (AvgIpc) is 2.97. The maximum atomic E-state index is 12.3. The Morgan fingerprint density at radius 2 is 2.04 bits per heavy atom. The normalized spacial score (nSPS) is 13.5. The third-order valence-corrected chi connectivity index (χ3v) is 4.31. The Labute approximate surface area is 144 Å². The number of benzene rings is 1. The molecule has 0 radical (unpaired) electrons. The summed E-state index contributed by atoms with van der Waals surface area (Å²) < 4.78 is 5.34. The molecule has 0 aliphatic carbocycles. The molecule has 2 N–H and O–H groups in total. The molecule has 0 bridgehead atoms. The summed E-state index contributed by atoms with van der Waals surface area (Å²) in [4.78, 5) is 36.6. The van der Waals surface area contributed by atoms with Crippen LogP contribution in [0.5, 0.6) is 0 Å². The van der Waals surface area contributed by atoms with Crippen LogP contribution in [0.4, 0.5) is 5.69 Å². The molecule has 130 valence electrons. The van der Waals surface area contributed by atoms with Gasteiger partial charge in [0.1, 0.15) is 17.1 Å². The molecular formula is C18H18N2O5. The summed E-state index contributed by atoms with van der Waals surface area (Å²) in [5.41, 5.74) is 2.35. The number of hydrogen-bond donors (Lipinski definition) is 2. The second-order valence-corrected chi connectivity index (χ2v) is 5.97. The Kier molecular flexibility index (Phi) is 4.31. The summed E-state index contributed by atoms with van der Waals surface area (Å²) >= 11 is 0. The van der Waals surface area contributed by atoms with Crippen molar-refractivity contribution in [1.29, 1.82) is 0 Å². The summed E-state index contributed by atoms with van der Waals surface area (Å²) in [6, 6.07) is 6.62. The lowest BCUT2D eigenvalue weighted by molar-refractivity contribution is -0.118. The number of amides is 2. The van der Waals surface area contributed by atoms with Gasteiger partial charge in [0, 0.05) is 24.7 Å². The van der Waals surface area contributed by atoms with E-state index in [1.165, 1.54) is 6.07 Å². The SMILES string of the molecule is Cc1oc(CNC(=O)c2ccc3c(c2)CCC(=O)N3C)cc1C(=O)O. The quantitative estimate of drug-likeness (QED) is 0.886. The van der Waals surface area contributed by atoms with Crippen LogP contribution in [0.1, 0.15) is 44.2 Å². The number of carbonyl (C=O) groups excluding carboxylic acids is 2. The monoisotopic (exact) mass is 342 g/mol. The van der Waals surface area contributed by atoms with Gasteiger partial charge in [-0.1, -0.05) is 0 Å². The molecule has 0 atom stereocenters. The van der Waals surface area contributed by atoms with E-state index in [1.807, 2.05) is 0 Å². The van der Waals surface area contributed by atoms with Crippen molar-refractivity contribution in [3.63, 3.8) is 0 Å². The number of fused-ring (bicyclic) bond motifs is 1. The molecule has 0 saturated heterocycles. The lowest BCUT2D eigenvalue weighted by Gasteiger charge is -2.26. The lowest BCUT2D eigenvalue weighted by atomic mass is 9.99. The van der Waals surface area contributed by atoms with Crippen LogP contribution in [0.25, 0.3) is 0 Å². The highest BCUT2D eigenvalue weighted by Gasteiger charge is 2.22. The van der Waals surface area contributed by atoms with Crippen molar-refractivity contribution in [2.45, 2.75) is 26.3 Å². The number of aromatic carboxylic acids is 1. The highest BCUT2D eigenvalue weighted by atomic mass is 16.4. The van der Waals surface area contributed by atoms with Gasteiger partial charge in [0.15, 0.2) is 0 Å². The van der Waals surface area contributed by atoms with Crippen molar-refractivity contribution < 1.29 is 23.9 Å². The largest absolute Gasteiger partial charge is 0.478 e. The minimum absolute atomic E-state index is 0.0622. The second-order valence-electron chi connectivity index (χ2n) is 5.97. The van der Waals surface area contributed by atoms with Crippen LogP contribution in [-0.2, 0) is 17.8 Å². The molecule has 7 nitrogen and oxygen atoms in total. The molecule has 2 heterocycles. The van der Waals surface area contributed by atoms with Crippen molar-refractivity contribution >= 4 is 23.5 Å². The summed E-state index contributed by atoms with van der Waals surface area (Å²) in [6.45, 7) is 1.67. The number of nitrogens with zero attached hydrogens (tertiary/aromatic N) is 1. The third-order valence-electron chi connectivity index (χ3n) is 4.31. The Hall–Kier alpha value is -3.09. The van der Waals surface area contributed by atoms with Gasteiger partial charge in [0.05, 0.1) is 6.54 Å². The van der Waals surface area contributed by atoms with Crippen molar-refractivity contribution in [2.24, 2.45) is 0 Å². The highest BCUT2D eigenvalue weighted by Crippen LogP contribution is 2.27. The minimum atomic E-state index is -1.06. The van der Waals surface area contributed by atoms with Gasteiger partial charge in [0.2, 0.25) is 5.91 Å². The van der Waals surface area contributed by atoms with E-state index in [0.717, 1.165) is 11.3 Å². The van der Waals surface area contributed by atoms with Gasteiger partial charge >= 0.3 is 5.97 Å². The molecule has 1 aliphatic heterocycles. The number of rotatable bonds is 4. The molecular weight excluding hydrogens is 324 g/mol. The molecule has 0 spiro atoms. The van der Waals surface area contributed by atoms with Crippen LogP contribution < -0.4 is 10.2 Å². The molecule has 1 aliphatic rings. The second kappa shape index (κ2) is 6.43. The Morgan fingerprint density at radius 1 is 1.28 bits per heavy atom. The fraction of sp³-hybridized carbons (Fsp3) is 0.278. The number of hydrogen-bond acceptors (Lipinski definition) is 4. The molecule has 7 heteroatoms. The first-order valence-electron chi connectivity index (χ1n) is 7.87. The van der Waals surface area contributed by atoms with E-state index >= 15 is 0 Å². The fourth-order valence-corrected chi connectivity index (χ4v) is 2.91. The zero-order valence-electron chi connectivity index (χ0n) is 14.0. The summed E-state index contributed by atoms with van der Waals surface area (Å²) in [5, 5.41) is 11.7. The molecule has 0 unspecified atom stereocenters. The molecule has 0 fully saturated rings. The Balaban J connectivity index is 1.71. The first kappa shape index (κ1) is 16.8. The van der Waals surface area contributed by atoms with Gasteiger partial charge in [-0.25, -0.2) is 4.79 Å². The number of nitrogens with one attached hydrogen (secondary N) is 1. The van der Waals surface area contributed by atoms with Gasteiger partial charge in [-0.15, -0.1) is 0 Å². The topological polar surface area (TPSA) is 99.9 Å². The number of aryl methyl sites for hydroxylation is 2. The minimum Gasteiger partial charge on any atom is -0.478 e. The predicted molar refractivity (Wildman–Crippen MR) is 89.7 cm³/mol. The molecule has 0 saturated carbocycles. The predicted octanol–water partition coefficient (Wildman–Crippen LogP) is 2.13. The zero-order valence-corrected chi connectivity index (χ0v) is 14.0. The number of furan rings is 1. The van der Waals surface area contributed by atoms with Crippen molar-refractivity contribution in [1.82, 2.24) is 5.32 Å². The van der Waals surface area contributed by atoms with Gasteiger partial charge < -0.3 is 19.7 Å². The van der Waals surface area contributed by atoms with Crippen molar-refractivity contribution in [2.75, 3.05) is 11.9 Å². The van der Waals surface area contributed by atoms with Crippen molar-refractivity contribution in [3.05, 3.63) is 52.5 Å². The zero-order chi connectivity index (χ0) is 18.1. The van der Waals surface area contributed by atoms with Crippen LogP contribution in [0.2, 0.25) is 0 Å². The van der Waals surface area contributed by atoms with Gasteiger partial charge in [-0.3, -0.25) is 9.59 Å². The maximum absolute atomic E-state index is 12.3. The average molecular weight is 342 g/mol. The highest BCUT2D eigenvalue weighted by molar-refractivity contribution is 5.99. The third kappa shape index (κ3) is 3.26. The Bertz CT molecular complexity index is 868. The van der Waals surface area contributed by atoms with Crippen molar-refractivity contribution in [3.8, 4) is 0 Å². The molecule has 2 amide bonds. The smallest absolute Gasteiger partial charge is 0.339 e. The maximum Gasteiger partial charge on any atom is 0.339 e. The summed E-state index contributed by atoms with van der Waals surface area (Å²) in [6.07, 6.45) is 1.04. The molecule has 1 aromatic heterocycles. The Morgan fingerprint density at radius 3 is 2.72 bits per heavy atom. The van der Waals surface area contributed by atoms with E-state index in [4.69, 9.17) is 9.52 Å². The van der Waals surface area contributed by atoms with Crippen LogP contribution in [0.15, 0.2) is 28.7 Å². The summed E-state index contributed by atoms with van der Waals surface area (Å²) in [7, 11) is 1.72. The fourth-order valence-electron chi connectivity index (χ4n) is 2.91. The van der Waals surface area contributed by atoms with Crippen LogP contribution in [-0.4, -0.2) is 29.9 Å². The van der Waals surface area contributed by atoms with Gasteiger partial charge in [-0.05, 0) is 43.2 Å². The number of carbonyl (C=O) groups is 3. The molecule has 3 rings (SSSR count). The van der Waals surface area contributed by atoms with Gasteiger partial charge in [-0.2, -0.15) is 0 Å². The molecule has 2 aromatic rings. The first-order valence-corrected chi connectivity index (χ1v) is 7.87. The first-order chi connectivity index (χ1) is 11.9.